The van der Waals surface area contributed by atoms with Crippen LogP contribution in [0.3, 0.4) is 0 Å². The van der Waals surface area contributed by atoms with Gasteiger partial charge in [0.05, 0.1) is 11.1 Å². The van der Waals surface area contributed by atoms with E-state index in [9.17, 15) is 10.5 Å². The van der Waals surface area contributed by atoms with Gasteiger partial charge in [0.25, 0.3) is 0 Å². The van der Waals surface area contributed by atoms with Gasteiger partial charge < -0.3 is 0 Å². The fraction of sp³-hybridized carbons (Fsp3) is 0.273. The molecule has 0 aliphatic rings. The van der Waals surface area contributed by atoms with Crippen LogP contribution in [0.5, 0.6) is 0 Å². The van der Waals surface area contributed by atoms with E-state index >= 15 is 0 Å². The minimum atomic E-state index is 0.377. The third-order valence-electron chi connectivity index (χ3n) is 5.15. The lowest BCUT2D eigenvalue weighted by atomic mass is 9.88. The van der Waals surface area contributed by atoms with Gasteiger partial charge in [-0.25, -0.2) is 0 Å². The van der Waals surface area contributed by atoms with Gasteiger partial charge in [-0.3, -0.25) is 0 Å². The summed E-state index contributed by atoms with van der Waals surface area (Å²) in [6.45, 7) is 11.9. The fourth-order valence-electron chi connectivity index (χ4n) is 3.08. The summed E-state index contributed by atoms with van der Waals surface area (Å²) in [5, 5.41) is 19.8. The van der Waals surface area contributed by atoms with Crippen LogP contribution in [0, 0.1) is 64.2 Å². The Morgan fingerprint density at radius 2 is 0.962 bits per heavy atom. The zero-order valence-electron chi connectivity index (χ0n) is 15.9. The van der Waals surface area contributed by atoms with Crippen molar-refractivity contribution in [2.75, 3.05) is 0 Å². The molecule has 2 aromatic carbocycles. The maximum Gasteiger partial charge on any atom is 0.101 e. The molecule has 0 saturated heterocycles. The van der Waals surface area contributed by atoms with Gasteiger partial charge in [-0.2, -0.15) is 10.5 Å². The number of rotatable bonds is 2. The van der Waals surface area contributed by atoms with Crippen molar-refractivity contribution in [2.45, 2.75) is 51.3 Å². The Kier molecular flexibility index (Phi) is 5.91. The summed E-state index contributed by atoms with van der Waals surface area (Å²) in [5.41, 5.74) is 8.37. The molecule has 2 aromatic rings. The molecule has 0 aliphatic heterocycles. The highest BCUT2D eigenvalue weighted by Gasteiger charge is 2.19. The lowest BCUT2D eigenvalue weighted by molar-refractivity contribution is 1.16. The van der Waals surface area contributed by atoms with Crippen molar-refractivity contribution >= 4 is 36.4 Å². The number of allylic oxidation sites excluding steroid dienone is 2. The van der Waals surface area contributed by atoms with Crippen molar-refractivity contribution in [1.29, 1.82) is 10.5 Å². The molecule has 132 valence electrons. The number of nitrogens with zero attached hydrogens (tertiary/aromatic N) is 2. The Bertz CT molecular complexity index is 949. The van der Waals surface area contributed by atoms with E-state index in [0.29, 0.717) is 11.1 Å². The van der Waals surface area contributed by atoms with Gasteiger partial charge in [0.1, 0.15) is 12.1 Å². The summed E-state index contributed by atoms with van der Waals surface area (Å²) in [7, 11) is 0. The van der Waals surface area contributed by atoms with E-state index < -0.39 is 0 Å². The monoisotopic (exact) mass is 378 g/mol. The molecule has 0 heterocycles. The van der Waals surface area contributed by atoms with E-state index in [1.54, 1.807) is 0 Å². The summed E-state index contributed by atoms with van der Waals surface area (Å²) in [6.07, 6.45) is 0. The van der Waals surface area contributed by atoms with Gasteiger partial charge in [0, 0.05) is 9.79 Å². The van der Waals surface area contributed by atoms with E-state index in [-0.39, 0.29) is 0 Å². The first-order chi connectivity index (χ1) is 12.1. The summed E-state index contributed by atoms with van der Waals surface area (Å²) < 4.78 is 0. The van der Waals surface area contributed by atoms with Crippen molar-refractivity contribution < 1.29 is 0 Å². The quantitative estimate of drug-likeness (QED) is 0.378. The molecule has 0 spiro atoms. The predicted octanol–water partition coefficient (Wildman–Crippen LogP) is 6.07. The third-order valence-corrected chi connectivity index (χ3v) is 6.49. The SMILES string of the molecule is Cc1cc(C(C#N)=C(C#N)c2cc(C)c(C)c(S)c2C)c(C)c(S)c1C. The van der Waals surface area contributed by atoms with E-state index in [4.69, 9.17) is 0 Å². The second-order valence-corrected chi connectivity index (χ2v) is 7.55. The van der Waals surface area contributed by atoms with E-state index in [1.165, 1.54) is 0 Å². The van der Waals surface area contributed by atoms with Crippen LogP contribution in [0.15, 0.2) is 21.9 Å². The molecule has 0 unspecified atom stereocenters. The number of thiol groups is 2. The first-order valence-electron chi connectivity index (χ1n) is 8.30. The van der Waals surface area contributed by atoms with Crippen molar-refractivity contribution in [2.24, 2.45) is 0 Å². The van der Waals surface area contributed by atoms with Gasteiger partial charge in [-0.05, 0) is 86.1 Å². The molecule has 0 aliphatic carbocycles. The summed E-state index contributed by atoms with van der Waals surface area (Å²) in [4.78, 5) is 1.72. The average Bonchev–Trinajstić information content (AvgIpc) is 2.63. The molecule has 0 atom stereocenters. The maximum absolute atomic E-state index is 9.90. The van der Waals surface area contributed by atoms with Gasteiger partial charge in [-0.15, -0.1) is 25.3 Å². The van der Waals surface area contributed by atoms with Crippen molar-refractivity contribution in [3.63, 3.8) is 0 Å². The topological polar surface area (TPSA) is 47.6 Å². The van der Waals surface area contributed by atoms with Gasteiger partial charge in [0.15, 0.2) is 0 Å². The lowest BCUT2D eigenvalue weighted by Gasteiger charge is -2.17. The van der Waals surface area contributed by atoms with Crippen LogP contribution in [0.4, 0.5) is 0 Å². The number of hydrogen-bond donors (Lipinski definition) is 2. The molecule has 0 radical (unpaired) electrons. The van der Waals surface area contributed by atoms with E-state index in [0.717, 1.165) is 54.3 Å². The van der Waals surface area contributed by atoms with Crippen LogP contribution in [-0.4, -0.2) is 0 Å². The van der Waals surface area contributed by atoms with E-state index in [2.05, 4.69) is 37.4 Å². The molecule has 0 bridgehead atoms. The van der Waals surface area contributed by atoms with Crippen LogP contribution >= 0.6 is 25.3 Å². The second kappa shape index (κ2) is 7.62. The molecular weight excluding hydrogens is 356 g/mol. The maximum atomic E-state index is 9.90. The van der Waals surface area contributed by atoms with Crippen LogP contribution in [0.1, 0.15) is 44.5 Å². The zero-order chi connectivity index (χ0) is 19.8. The summed E-state index contributed by atoms with van der Waals surface area (Å²) in [5.74, 6) is 0. The Balaban J connectivity index is 2.94. The van der Waals surface area contributed by atoms with Crippen LogP contribution in [-0.2, 0) is 0 Å². The Morgan fingerprint density at radius 1 is 0.654 bits per heavy atom. The first kappa shape index (κ1) is 20.2. The first-order valence-corrected chi connectivity index (χ1v) is 9.19. The fourth-order valence-corrected chi connectivity index (χ4v) is 3.67. The van der Waals surface area contributed by atoms with Gasteiger partial charge in [-0.1, -0.05) is 12.1 Å². The Labute approximate surface area is 167 Å². The predicted molar refractivity (Wildman–Crippen MR) is 114 cm³/mol. The highest BCUT2D eigenvalue weighted by molar-refractivity contribution is 7.80. The largest absolute Gasteiger partial charge is 0.192 e. The Hall–Kier alpha value is -2.14. The number of hydrogen-bond acceptors (Lipinski definition) is 4. The molecule has 26 heavy (non-hydrogen) atoms. The van der Waals surface area contributed by atoms with Crippen LogP contribution in [0.25, 0.3) is 11.1 Å². The van der Waals surface area contributed by atoms with Gasteiger partial charge in [0.2, 0.25) is 0 Å². The summed E-state index contributed by atoms with van der Waals surface area (Å²) >= 11 is 9.22. The molecule has 4 heteroatoms. The second-order valence-electron chi connectivity index (χ2n) is 6.65. The number of nitriles is 2. The highest BCUT2D eigenvalue weighted by Crippen LogP contribution is 2.36. The molecule has 0 saturated carbocycles. The molecule has 0 aromatic heterocycles. The van der Waals surface area contributed by atoms with E-state index in [1.807, 2.05) is 53.7 Å². The van der Waals surface area contributed by atoms with Crippen LogP contribution < -0.4 is 0 Å². The molecule has 2 nitrogen and oxygen atoms in total. The van der Waals surface area contributed by atoms with Gasteiger partial charge >= 0.3 is 0 Å². The zero-order valence-corrected chi connectivity index (χ0v) is 17.7. The normalized spacial score (nSPS) is 11.6. The van der Waals surface area contributed by atoms with Crippen molar-refractivity contribution in [3.05, 3.63) is 56.6 Å². The minimum Gasteiger partial charge on any atom is -0.192 e. The molecular formula is C22H22N2S2. The number of aryl methyl sites for hydroxylation is 2. The van der Waals surface area contributed by atoms with Crippen molar-refractivity contribution in [3.8, 4) is 12.1 Å². The van der Waals surface area contributed by atoms with Crippen LogP contribution in [0.2, 0.25) is 0 Å². The highest BCUT2D eigenvalue weighted by atomic mass is 32.1. The summed E-state index contributed by atoms with van der Waals surface area (Å²) in [6, 6.07) is 8.46. The minimum absolute atomic E-state index is 0.377. The molecule has 0 amide bonds. The molecule has 2 rings (SSSR count). The smallest absolute Gasteiger partial charge is 0.101 e. The Morgan fingerprint density at radius 3 is 1.23 bits per heavy atom. The molecule has 0 N–H and O–H groups in total. The molecule has 0 fully saturated rings. The average molecular weight is 379 g/mol. The standard InChI is InChI=1S/C22H22N2S2/c1-11-7-17(15(5)21(25)13(11)3)19(9-23)20(10-24)18-8-12(2)14(4)22(26)16(18)6/h7-8,25-26H,1-6H3. The van der Waals surface area contributed by atoms with Crippen molar-refractivity contribution in [1.82, 2.24) is 0 Å². The third kappa shape index (κ3) is 3.28. The lowest BCUT2D eigenvalue weighted by Crippen LogP contribution is -2.00. The number of benzene rings is 2.